The second-order valence-corrected chi connectivity index (χ2v) is 6.21. The van der Waals surface area contributed by atoms with E-state index in [2.05, 4.69) is 25.9 Å². The highest BCUT2D eigenvalue weighted by molar-refractivity contribution is 5.44. The summed E-state index contributed by atoms with van der Waals surface area (Å²) in [4.78, 5) is 0. The topological polar surface area (TPSA) is 67.1 Å². The summed E-state index contributed by atoms with van der Waals surface area (Å²) in [6, 6.07) is 3.99. The van der Waals surface area contributed by atoms with E-state index >= 15 is 0 Å². The molecule has 0 spiro atoms. The van der Waals surface area contributed by atoms with E-state index < -0.39 is 12.2 Å². The van der Waals surface area contributed by atoms with Gasteiger partial charge in [-0.1, -0.05) is 6.42 Å². The lowest BCUT2D eigenvalue weighted by atomic mass is 9.82. The van der Waals surface area contributed by atoms with Crippen molar-refractivity contribution in [3.05, 3.63) is 18.0 Å². The average molecular weight is 308 g/mol. The monoisotopic (exact) mass is 308 g/mol. The molecule has 2 aliphatic rings. The molecule has 2 atom stereocenters. The van der Waals surface area contributed by atoms with E-state index in [1.165, 1.54) is 19.3 Å². The Morgan fingerprint density at radius 2 is 2.27 bits per heavy atom. The van der Waals surface area contributed by atoms with Crippen molar-refractivity contribution in [2.24, 2.45) is 5.41 Å². The summed E-state index contributed by atoms with van der Waals surface area (Å²) in [7, 11) is 0. The van der Waals surface area contributed by atoms with Gasteiger partial charge in [0.15, 0.2) is 5.65 Å². The average Bonchev–Trinajstić information content (AvgIpc) is 3.17. The number of fused-ring (bicyclic) bond motifs is 2. The van der Waals surface area contributed by atoms with Gasteiger partial charge in [-0.3, -0.25) is 0 Å². The van der Waals surface area contributed by atoms with Crippen LogP contribution in [0.4, 0.5) is 14.6 Å². The van der Waals surface area contributed by atoms with Crippen molar-refractivity contribution >= 4 is 11.5 Å². The number of alkyl halides is 2. The first kappa shape index (κ1) is 13.8. The molecule has 22 heavy (non-hydrogen) atoms. The third-order valence-electron chi connectivity index (χ3n) is 5.02. The van der Waals surface area contributed by atoms with E-state index in [0.717, 1.165) is 24.0 Å². The zero-order chi connectivity index (χ0) is 15.2. The quantitative estimate of drug-likeness (QED) is 0.904. The lowest BCUT2D eigenvalue weighted by Crippen LogP contribution is -2.37. The Morgan fingerprint density at radius 3 is 3.14 bits per heavy atom. The van der Waals surface area contributed by atoms with Crippen LogP contribution in [-0.2, 0) is 0 Å². The Kier molecular flexibility index (Phi) is 3.21. The Labute approximate surface area is 126 Å². The van der Waals surface area contributed by atoms with Gasteiger partial charge in [0.25, 0.3) is 6.43 Å². The number of aromatic nitrogens is 4. The zero-order valence-electron chi connectivity index (χ0n) is 12.1. The van der Waals surface area contributed by atoms with Crippen LogP contribution in [0.3, 0.4) is 0 Å². The minimum Gasteiger partial charge on any atom is -0.368 e. The van der Waals surface area contributed by atoms with Crippen molar-refractivity contribution in [2.45, 2.75) is 38.2 Å². The first-order valence-corrected chi connectivity index (χ1v) is 7.66. The van der Waals surface area contributed by atoms with E-state index in [9.17, 15) is 8.78 Å². The maximum Gasteiger partial charge on any atom is 0.299 e. The third kappa shape index (κ3) is 2.13. The molecule has 0 unspecified atom stereocenters. The molecule has 4 rings (SSSR count). The zero-order valence-corrected chi connectivity index (χ0v) is 12.1. The van der Waals surface area contributed by atoms with Crippen LogP contribution in [-0.4, -0.2) is 38.9 Å². The molecule has 2 fully saturated rings. The standard InChI is InChI=1S/C14H18F2N6/c15-12(16)13-20-19-11-4-3-10(21-22(11)13)18-8-14-5-1-2-9(14)17-7-6-14/h3-4,9,12,17H,1-2,5-8H2,(H,18,21)/t9-,14-/m1/s1. The Balaban J connectivity index is 1.55. The van der Waals surface area contributed by atoms with E-state index in [4.69, 9.17) is 0 Å². The molecule has 0 bridgehead atoms. The van der Waals surface area contributed by atoms with Crippen molar-refractivity contribution in [3.8, 4) is 0 Å². The van der Waals surface area contributed by atoms with Gasteiger partial charge in [0.05, 0.1) is 0 Å². The van der Waals surface area contributed by atoms with Gasteiger partial charge in [-0.05, 0) is 37.9 Å². The van der Waals surface area contributed by atoms with Crippen LogP contribution in [0.15, 0.2) is 12.1 Å². The van der Waals surface area contributed by atoms with E-state index in [1.807, 2.05) is 0 Å². The van der Waals surface area contributed by atoms with Crippen molar-refractivity contribution in [2.75, 3.05) is 18.4 Å². The van der Waals surface area contributed by atoms with Crippen molar-refractivity contribution < 1.29 is 8.78 Å². The SMILES string of the molecule is FC(F)c1nnc2ccc(NC[C@]34CCC[C@H]3NCC4)nn12. The number of nitrogens with zero attached hydrogens (tertiary/aromatic N) is 4. The molecule has 8 heteroatoms. The summed E-state index contributed by atoms with van der Waals surface area (Å²) in [5.74, 6) is 0.166. The molecule has 118 valence electrons. The highest BCUT2D eigenvalue weighted by Gasteiger charge is 2.45. The third-order valence-corrected chi connectivity index (χ3v) is 5.02. The van der Waals surface area contributed by atoms with Gasteiger partial charge in [-0.15, -0.1) is 15.3 Å². The van der Waals surface area contributed by atoms with E-state index in [0.29, 0.717) is 17.5 Å². The van der Waals surface area contributed by atoms with Gasteiger partial charge in [0.1, 0.15) is 5.82 Å². The van der Waals surface area contributed by atoms with Gasteiger partial charge in [-0.25, -0.2) is 8.78 Å². The molecule has 2 aromatic heterocycles. The fraction of sp³-hybridized carbons (Fsp3) is 0.643. The minimum atomic E-state index is -2.69. The molecule has 2 aromatic rings. The van der Waals surface area contributed by atoms with Gasteiger partial charge in [0, 0.05) is 18.0 Å². The molecule has 1 saturated carbocycles. The fourth-order valence-corrected chi connectivity index (χ4v) is 3.85. The molecule has 6 nitrogen and oxygen atoms in total. The molecule has 1 aliphatic carbocycles. The lowest BCUT2D eigenvalue weighted by Gasteiger charge is -2.29. The predicted octanol–water partition coefficient (Wildman–Crippen LogP) is 2.01. The van der Waals surface area contributed by atoms with Crippen LogP contribution in [0, 0.1) is 5.41 Å². The minimum absolute atomic E-state index is 0.273. The number of hydrogen-bond donors (Lipinski definition) is 2. The van der Waals surface area contributed by atoms with Crippen LogP contribution < -0.4 is 10.6 Å². The van der Waals surface area contributed by atoms with E-state index in [-0.39, 0.29) is 5.41 Å². The second-order valence-electron chi connectivity index (χ2n) is 6.21. The van der Waals surface area contributed by atoms with Crippen LogP contribution in [0.2, 0.25) is 0 Å². The maximum atomic E-state index is 12.9. The van der Waals surface area contributed by atoms with Crippen LogP contribution in [0.25, 0.3) is 5.65 Å². The summed E-state index contributed by atoms with van der Waals surface area (Å²) in [6.07, 6.45) is 2.13. The molecular formula is C14H18F2N6. The van der Waals surface area contributed by atoms with Crippen molar-refractivity contribution in [1.29, 1.82) is 0 Å². The molecule has 0 amide bonds. The van der Waals surface area contributed by atoms with Crippen molar-refractivity contribution in [3.63, 3.8) is 0 Å². The summed E-state index contributed by atoms with van der Waals surface area (Å²) in [5, 5.41) is 18.3. The lowest BCUT2D eigenvalue weighted by molar-refractivity contribution is 0.137. The van der Waals surface area contributed by atoms with Gasteiger partial charge in [-0.2, -0.15) is 4.52 Å². The Morgan fingerprint density at radius 1 is 1.36 bits per heavy atom. The smallest absolute Gasteiger partial charge is 0.299 e. The predicted molar refractivity (Wildman–Crippen MR) is 76.9 cm³/mol. The number of anilines is 1. The fourth-order valence-electron chi connectivity index (χ4n) is 3.85. The number of hydrogen-bond acceptors (Lipinski definition) is 5. The molecule has 1 aliphatic heterocycles. The molecular weight excluding hydrogens is 290 g/mol. The number of rotatable bonds is 4. The Hall–Kier alpha value is -1.83. The number of halogens is 2. The van der Waals surface area contributed by atoms with E-state index in [1.54, 1.807) is 12.1 Å². The highest BCUT2D eigenvalue weighted by atomic mass is 19.3. The van der Waals surface area contributed by atoms with Crippen LogP contribution in [0.1, 0.15) is 37.9 Å². The molecule has 3 heterocycles. The molecule has 2 N–H and O–H groups in total. The first-order valence-electron chi connectivity index (χ1n) is 7.66. The molecule has 0 radical (unpaired) electrons. The van der Waals surface area contributed by atoms with Crippen LogP contribution in [0.5, 0.6) is 0 Å². The first-order chi connectivity index (χ1) is 10.7. The van der Waals surface area contributed by atoms with Gasteiger partial charge >= 0.3 is 0 Å². The van der Waals surface area contributed by atoms with Gasteiger partial charge in [0.2, 0.25) is 5.82 Å². The number of nitrogens with one attached hydrogen (secondary N) is 2. The van der Waals surface area contributed by atoms with Crippen LogP contribution >= 0.6 is 0 Å². The van der Waals surface area contributed by atoms with Gasteiger partial charge < -0.3 is 10.6 Å². The second kappa shape index (κ2) is 5.12. The van der Waals surface area contributed by atoms with Crippen molar-refractivity contribution in [1.82, 2.24) is 25.1 Å². The normalized spacial score (nSPS) is 27.7. The highest BCUT2D eigenvalue weighted by Crippen LogP contribution is 2.44. The maximum absolute atomic E-state index is 12.9. The molecule has 1 saturated heterocycles. The molecule has 0 aromatic carbocycles. The summed E-state index contributed by atoms with van der Waals surface area (Å²) in [6.45, 7) is 1.87. The summed E-state index contributed by atoms with van der Waals surface area (Å²) >= 11 is 0. The largest absolute Gasteiger partial charge is 0.368 e. The summed E-state index contributed by atoms with van der Waals surface area (Å²) < 4.78 is 26.9. The summed E-state index contributed by atoms with van der Waals surface area (Å²) in [5.41, 5.74) is 0.607. The Bertz CT molecular complexity index is 675.